The highest BCUT2D eigenvalue weighted by molar-refractivity contribution is 7.08. The molecule has 0 aromatic carbocycles. The van der Waals surface area contributed by atoms with Crippen molar-refractivity contribution in [3.05, 3.63) is 24.0 Å². The SMILES string of the molecule is CCCc1nsc(-n2cnc(C(=O)O)c2)n1. The minimum absolute atomic E-state index is 0.00671. The first-order valence-corrected chi connectivity index (χ1v) is 5.58. The Kier molecular flexibility index (Phi) is 2.95. The number of rotatable bonds is 4. The number of hydrogen-bond donors (Lipinski definition) is 1. The van der Waals surface area contributed by atoms with Crippen LogP contribution in [0.25, 0.3) is 5.13 Å². The number of carboxylic acid groups (broad SMARTS) is 1. The van der Waals surface area contributed by atoms with Crippen LogP contribution in [-0.2, 0) is 6.42 Å². The Hall–Kier alpha value is -1.76. The molecule has 0 amide bonds. The van der Waals surface area contributed by atoms with Crippen molar-refractivity contribution in [2.24, 2.45) is 0 Å². The lowest BCUT2D eigenvalue weighted by Crippen LogP contribution is -1.96. The van der Waals surface area contributed by atoms with Gasteiger partial charge in [0.2, 0.25) is 5.13 Å². The number of nitrogens with zero attached hydrogens (tertiary/aromatic N) is 4. The van der Waals surface area contributed by atoms with Crippen LogP contribution in [0.5, 0.6) is 0 Å². The summed E-state index contributed by atoms with van der Waals surface area (Å²) in [5.41, 5.74) is 0.00671. The van der Waals surface area contributed by atoms with Crippen LogP contribution in [0.15, 0.2) is 12.5 Å². The van der Waals surface area contributed by atoms with Gasteiger partial charge in [-0.25, -0.2) is 14.8 Å². The third kappa shape index (κ3) is 2.08. The molecular formula is C9H10N4O2S. The smallest absolute Gasteiger partial charge is 0.356 e. The molecule has 0 saturated heterocycles. The third-order valence-electron chi connectivity index (χ3n) is 1.95. The molecule has 0 bridgehead atoms. The normalized spacial score (nSPS) is 10.6. The summed E-state index contributed by atoms with van der Waals surface area (Å²) in [5.74, 6) is -0.259. The van der Waals surface area contributed by atoms with Crippen LogP contribution in [0.3, 0.4) is 0 Å². The van der Waals surface area contributed by atoms with Gasteiger partial charge in [-0.1, -0.05) is 6.92 Å². The van der Waals surface area contributed by atoms with E-state index in [0.29, 0.717) is 5.13 Å². The Labute approximate surface area is 95.8 Å². The van der Waals surface area contributed by atoms with Crippen molar-refractivity contribution in [1.29, 1.82) is 0 Å². The molecule has 0 unspecified atom stereocenters. The first-order chi connectivity index (χ1) is 7.70. The number of imidazole rings is 1. The number of carbonyl (C=O) groups is 1. The maximum atomic E-state index is 10.6. The van der Waals surface area contributed by atoms with Crippen LogP contribution in [-0.4, -0.2) is 30.0 Å². The fraction of sp³-hybridized carbons (Fsp3) is 0.333. The Morgan fingerprint density at radius 3 is 3.06 bits per heavy atom. The van der Waals surface area contributed by atoms with E-state index in [0.717, 1.165) is 18.7 Å². The van der Waals surface area contributed by atoms with Gasteiger partial charge in [0.05, 0.1) is 0 Å². The van der Waals surface area contributed by atoms with E-state index < -0.39 is 5.97 Å². The highest BCUT2D eigenvalue weighted by Gasteiger charge is 2.10. The zero-order chi connectivity index (χ0) is 11.5. The highest BCUT2D eigenvalue weighted by atomic mass is 32.1. The fourth-order valence-electron chi connectivity index (χ4n) is 1.21. The van der Waals surface area contributed by atoms with E-state index >= 15 is 0 Å². The molecular weight excluding hydrogens is 228 g/mol. The summed E-state index contributed by atoms with van der Waals surface area (Å²) in [6, 6.07) is 0. The lowest BCUT2D eigenvalue weighted by molar-refractivity contribution is 0.0691. The van der Waals surface area contributed by atoms with E-state index in [1.54, 1.807) is 4.57 Å². The molecule has 0 radical (unpaired) electrons. The second-order valence-electron chi connectivity index (χ2n) is 3.21. The van der Waals surface area contributed by atoms with E-state index in [4.69, 9.17) is 5.11 Å². The zero-order valence-electron chi connectivity index (χ0n) is 8.62. The molecule has 0 aliphatic rings. The quantitative estimate of drug-likeness (QED) is 0.870. The van der Waals surface area contributed by atoms with Crippen LogP contribution in [0.2, 0.25) is 0 Å². The van der Waals surface area contributed by atoms with E-state index in [2.05, 4.69) is 21.3 Å². The van der Waals surface area contributed by atoms with Gasteiger partial charge in [0.25, 0.3) is 0 Å². The number of hydrogen-bond acceptors (Lipinski definition) is 5. The third-order valence-corrected chi connectivity index (χ3v) is 2.72. The minimum Gasteiger partial charge on any atom is -0.476 e. The van der Waals surface area contributed by atoms with Crippen molar-refractivity contribution in [2.45, 2.75) is 19.8 Å². The second kappa shape index (κ2) is 4.40. The maximum Gasteiger partial charge on any atom is 0.356 e. The van der Waals surface area contributed by atoms with E-state index in [-0.39, 0.29) is 5.69 Å². The predicted molar refractivity (Wildman–Crippen MR) is 58.0 cm³/mol. The molecule has 7 heteroatoms. The summed E-state index contributed by atoms with van der Waals surface area (Å²) in [6.45, 7) is 2.06. The molecule has 2 rings (SSSR count). The van der Waals surface area contributed by atoms with E-state index in [9.17, 15) is 4.79 Å². The van der Waals surface area contributed by atoms with Gasteiger partial charge in [0, 0.05) is 24.2 Å². The van der Waals surface area contributed by atoms with Gasteiger partial charge in [-0.2, -0.15) is 4.37 Å². The number of carboxylic acids is 1. The first-order valence-electron chi connectivity index (χ1n) is 4.81. The standard InChI is InChI=1S/C9H10N4O2S/c1-2-3-7-11-9(16-12-7)13-4-6(8(14)15)10-5-13/h4-5H,2-3H2,1H3,(H,14,15). The maximum absolute atomic E-state index is 10.6. The Morgan fingerprint density at radius 2 is 2.44 bits per heavy atom. The summed E-state index contributed by atoms with van der Waals surface area (Å²) in [6.07, 6.45) is 4.68. The van der Waals surface area contributed by atoms with Gasteiger partial charge in [0.15, 0.2) is 5.69 Å². The van der Waals surface area contributed by atoms with E-state index in [1.165, 1.54) is 24.1 Å². The van der Waals surface area contributed by atoms with Crippen molar-refractivity contribution < 1.29 is 9.90 Å². The molecule has 2 aromatic rings. The number of aromatic nitrogens is 4. The van der Waals surface area contributed by atoms with Gasteiger partial charge in [-0.15, -0.1) is 0 Å². The molecule has 0 atom stereocenters. The molecule has 2 aromatic heterocycles. The predicted octanol–water partition coefficient (Wildman–Crippen LogP) is 1.37. The molecule has 0 spiro atoms. The van der Waals surface area contributed by atoms with Crippen LogP contribution >= 0.6 is 11.5 Å². The van der Waals surface area contributed by atoms with Crippen molar-refractivity contribution >= 4 is 17.5 Å². The Bertz CT molecular complexity index is 505. The molecule has 0 fully saturated rings. The summed E-state index contributed by atoms with van der Waals surface area (Å²) in [7, 11) is 0. The lowest BCUT2D eigenvalue weighted by atomic mass is 10.3. The van der Waals surface area contributed by atoms with Crippen LogP contribution in [0, 0.1) is 0 Å². The van der Waals surface area contributed by atoms with Crippen molar-refractivity contribution in [2.75, 3.05) is 0 Å². The molecule has 16 heavy (non-hydrogen) atoms. The molecule has 0 aliphatic carbocycles. The molecule has 84 valence electrons. The lowest BCUT2D eigenvalue weighted by Gasteiger charge is -1.91. The average Bonchev–Trinajstić information content (AvgIpc) is 2.84. The highest BCUT2D eigenvalue weighted by Crippen LogP contribution is 2.12. The van der Waals surface area contributed by atoms with Crippen LogP contribution < -0.4 is 0 Å². The number of aromatic carboxylic acids is 1. The first kappa shape index (κ1) is 10.7. The van der Waals surface area contributed by atoms with Gasteiger partial charge in [-0.3, -0.25) is 4.57 Å². The average molecular weight is 238 g/mol. The van der Waals surface area contributed by atoms with Gasteiger partial charge < -0.3 is 5.11 Å². The summed E-state index contributed by atoms with van der Waals surface area (Å²) in [4.78, 5) is 18.7. The Balaban J connectivity index is 2.24. The molecule has 1 N–H and O–H groups in total. The molecule has 0 saturated carbocycles. The second-order valence-corrected chi connectivity index (χ2v) is 3.94. The summed E-state index contributed by atoms with van der Waals surface area (Å²) in [5, 5.41) is 9.37. The minimum atomic E-state index is -1.04. The van der Waals surface area contributed by atoms with Gasteiger partial charge in [-0.05, 0) is 6.42 Å². The summed E-state index contributed by atoms with van der Waals surface area (Å²) < 4.78 is 5.74. The fourth-order valence-corrected chi connectivity index (χ4v) is 1.87. The van der Waals surface area contributed by atoms with Gasteiger partial charge >= 0.3 is 5.97 Å². The van der Waals surface area contributed by atoms with Crippen molar-refractivity contribution in [3.63, 3.8) is 0 Å². The van der Waals surface area contributed by atoms with Gasteiger partial charge in [0.1, 0.15) is 12.2 Å². The van der Waals surface area contributed by atoms with Crippen LogP contribution in [0.4, 0.5) is 0 Å². The molecule has 0 aliphatic heterocycles. The monoisotopic (exact) mass is 238 g/mol. The Morgan fingerprint density at radius 1 is 1.62 bits per heavy atom. The number of aryl methyl sites for hydroxylation is 1. The molecule has 6 nitrogen and oxygen atoms in total. The zero-order valence-corrected chi connectivity index (χ0v) is 9.44. The van der Waals surface area contributed by atoms with Crippen LogP contribution in [0.1, 0.15) is 29.7 Å². The topological polar surface area (TPSA) is 80.9 Å². The van der Waals surface area contributed by atoms with E-state index in [1.807, 2.05) is 0 Å². The summed E-state index contributed by atoms with van der Waals surface area (Å²) >= 11 is 1.24. The van der Waals surface area contributed by atoms with Crippen molar-refractivity contribution in [3.8, 4) is 5.13 Å². The largest absolute Gasteiger partial charge is 0.476 e. The van der Waals surface area contributed by atoms with Crippen molar-refractivity contribution in [1.82, 2.24) is 18.9 Å². The molecule has 2 heterocycles.